The molecule has 1 fully saturated rings. The lowest BCUT2D eigenvalue weighted by molar-refractivity contribution is 0.0591. The minimum atomic E-state index is -0.622. The molecule has 1 aromatic heterocycles. The first-order valence-electron chi connectivity index (χ1n) is 11.3. The summed E-state index contributed by atoms with van der Waals surface area (Å²) in [6.07, 6.45) is 4.11. The highest BCUT2D eigenvalue weighted by Gasteiger charge is 2.28. The van der Waals surface area contributed by atoms with Crippen LogP contribution in [0.25, 0.3) is 0 Å². The number of pyridine rings is 1. The molecule has 1 aliphatic heterocycles. The summed E-state index contributed by atoms with van der Waals surface area (Å²) < 4.78 is 19.8. The van der Waals surface area contributed by atoms with E-state index in [1.54, 1.807) is 55.7 Å². The van der Waals surface area contributed by atoms with Gasteiger partial charge in [-0.1, -0.05) is 18.2 Å². The Morgan fingerprint density at radius 3 is 2.38 bits per heavy atom. The van der Waals surface area contributed by atoms with Crippen molar-refractivity contribution in [3.8, 4) is 0 Å². The van der Waals surface area contributed by atoms with Gasteiger partial charge in [-0.25, -0.2) is 9.18 Å². The van der Waals surface area contributed by atoms with Gasteiger partial charge in [-0.3, -0.25) is 15.1 Å². The standard InChI is InChI=1S/C26H27FN4O3/c1-17-6-7-20(16-21(17)27)25(32)30-22-4-2-3-5-23(22)31-26(33)34-24(18-8-12-28-13-9-18)19-10-14-29-15-11-19/h2-9,12-13,16,19,24,29H,10-11,14-15H2,1H3,(H,30,32)(H,31,33). The average molecular weight is 463 g/mol. The van der Waals surface area contributed by atoms with E-state index < -0.39 is 23.9 Å². The SMILES string of the molecule is Cc1ccc(C(=O)Nc2ccccc2NC(=O)OC(c2ccncc2)C2CCNCC2)cc1F. The van der Waals surface area contributed by atoms with Crippen molar-refractivity contribution < 1.29 is 18.7 Å². The molecule has 7 nitrogen and oxygen atoms in total. The molecule has 2 amide bonds. The van der Waals surface area contributed by atoms with Crippen LogP contribution < -0.4 is 16.0 Å². The van der Waals surface area contributed by atoms with E-state index in [0.29, 0.717) is 16.9 Å². The second-order valence-corrected chi connectivity index (χ2v) is 8.28. The zero-order valence-electron chi connectivity index (χ0n) is 18.9. The largest absolute Gasteiger partial charge is 0.441 e. The van der Waals surface area contributed by atoms with Crippen LogP contribution in [0.5, 0.6) is 0 Å². The van der Waals surface area contributed by atoms with E-state index in [-0.39, 0.29) is 11.5 Å². The third-order valence-electron chi connectivity index (χ3n) is 5.93. The van der Waals surface area contributed by atoms with Crippen molar-refractivity contribution in [2.45, 2.75) is 25.9 Å². The van der Waals surface area contributed by atoms with Crippen LogP contribution in [0, 0.1) is 18.7 Å². The van der Waals surface area contributed by atoms with Crippen LogP contribution in [-0.2, 0) is 4.74 Å². The molecule has 3 aromatic rings. The number of rotatable bonds is 6. The number of carbonyl (C=O) groups excluding carboxylic acids is 2. The normalized spacial score (nSPS) is 14.8. The third kappa shape index (κ3) is 5.77. The van der Waals surface area contributed by atoms with Crippen molar-refractivity contribution in [2.75, 3.05) is 23.7 Å². The van der Waals surface area contributed by atoms with Crippen LogP contribution in [0.4, 0.5) is 20.6 Å². The summed E-state index contributed by atoms with van der Waals surface area (Å²) in [5, 5.41) is 8.81. The first-order valence-corrected chi connectivity index (χ1v) is 11.3. The van der Waals surface area contributed by atoms with Gasteiger partial charge in [-0.05, 0) is 80.4 Å². The summed E-state index contributed by atoms with van der Waals surface area (Å²) in [5.74, 6) is -0.755. The quantitative estimate of drug-likeness (QED) is 0.476. The maximum atomic E-state index is 13.9. The number of anilines is 2. The number of ether oxygens (including phenoxy) is 1. The molecule has 0 saturated carbocycles. The Kier molecular flexibility index (Phi) is 7.49. The molecule has 1 atom stereocenters. The summed E-state index contributed by atoms with van der Waals surface area (Å²) >= 11 is 0. The summed E-state index contributed by atoms with van der Waals surface area (Å²) in [5.41, 5.74) is 2.29. The van der Waals surface area contributed by atoms with E-state index in [0.717, 1.165) is 31.5 Å². The number of piperidine rings is 1. The van der Waals surface area contributed by atoms with Gasteiger partial charge in [-0.15, -0.1) is 0 Å². The highest BCUT2D eigenvalue weighted by Crippen LogP contribution is 2.33. The van der Waals surface area contributed by atoms with E-state index in [2.05, 4.69) is 20.9 Å². The van der Waals surface area contributed by atoms with E-state index in [9.17, 15) is 14.0 Å². The molecular formula is C26H27FN4O3. The monoisotopic (exact) mass is 462 g/mol. The lowest BCUT2D eigenvalue weighted by atomic mass is 9.88. The number of nitrogens with zero attached hydrogens (tertiary/aromatic N) is 1. The Hall–Kier alpha value is -3.78. The molecule has 4 rings (SSSR count). The molecule has 1 unspecified atom stereocenters. The maximum Gasteiger partial charge on any atom is 0.412 e. The Morgan fingerprint density at radius 1 is 1.03 bits per heavy atom. The number of halogens is 1. The zero-order chi connectivity index (χ0) is 23.9. The van der Waals surface area contributed by atoms with Crippen molar-refractivity contribution >= 4 is 23.4 Å². The van der Waals surface area contributed by atoms with Crippen LogP contribution in [0.1, 0.15) is 40.4 Å². The van der Waals surface area contributed by atoms with Crippen molar-refractivity contribution in [2.24, 2.45) is 5.92 Å². The zero-order valence-corrected chi connectivity index (χ0v) is 18.9. The van der Waals surface area contributed by atoms with Gasteiger partial charge in [0.15, 0.2) is 0 Å². The summed E-state index contributed by atoms with van der Waals surface area (Å²) in [4.78, 5) is 29.6. The second-order valence-electron chi connectivity index (χ2n) is 8.28. The number of hydrogen-bond acceptors (Lipinski definition) is 5. The van der Waals surface area contributed by atoms with E-state index >= 15 is 0 Å². The van der Waals surface area contributed by atoms with Crippen LogP contribution in [-0.4, -0.2) is 30.1 Å². The van der Waals surface area contributed by atoms with Crippen LogP contribution in [0.15, 0.2) is 67.0 Å². The molecule has 8 heteroatoms. The molecule has 34 heavy (non-hydrogen) atoms. The fourth-order valence-corrected chi connectivity index (χ4v) is 4.02. The number of nitrogens with one attached hydrogen (secondary N) is 3. The minimum absolute atomic E-state index is 0.181. The van der Waals surface area contributed by atoms with Gasteiger partial charge in [0, 0.05) is 23.9 Å². The predicted molar refractivity (Wildman–Crippen MR) is 128 cm³/mol. The van der Waals surface area contributed by atoms with Crippen molar-refractivity contribution in [3.63, 3.8) is 0 Å². The van der Waals surface area contributed by atoms with E-state index in [1.807, 2.05) is 12.1 Å². The first kappa shape index (κ1) is 23.4. The van der Waals surface area contributed by atoms with Gasteiger partial charge in [0.1, 0.15) is 11.9 Å². The molecule has 1 aliphatic rings. The molecule has 1 saturated heterocycles. The first-order chi connectivity index (χ1) is 16.5. The molecule has 2 aromatic carbocycles. The van der Waals surface area contributed by atoms with Crippen LogP contribution >= 0.6 is 0 Å². The molecule has 2 heterocycles. The number of para-hydroxylation sites is 2. The third-order valence-corrected chi connectivity index (χ3v) is 5.93. The average Bonchev–Trinajstić information content (AvgIpc) is 2.86. The number of aryl methyl sites for hydroxylation is 1. The molecule has 0 bridgehead atoms. The van der Waals surface area contributed by atoms with Gasteiger partial charge in [0.05, 0.1) is 11.4 Å². The van der Waals surface area contributed by atoms with Gasteiger partial charge in [0.2, 0.25) is 0 Å². The van der Waals surface area contributed by atoms with Gasteiger partial charge >= 0.3 is 6.09 Å². The highest BCUT2D eigenvalue weighted by atomic mass is 19.1. The highest BCUT2D eigenvalue weighted by molar-refractivity contribution is 6.06. The number of aromatic nitrogens is 1. The fraction of sp³-hybridized carbons (Fsp3) is 0.269. The lowest BCUT2D eigenvalue weighted by Gasteiger charge is -2.30. The Bertz CT molecular complexity index is 1150. The van der Waals surface area contributed by atoms with Crippen molar-refractivity contribution in [3.05, 3.63) is 89.5 Å². The van der Waals surface area contributed by atoms with Crippen molar-refractivity contribution in [1.29, 1.82) is 0 Å². The molecule has 0 spiro atoms. The summed E-state index contributed by atoms with van der Waals surface area (Å²) in [6, 6.07) is 14.8. The Balaban J connectivity index is 1.48. The van der Waals surface area contributed by atoms with E-state index in [1.165, 1.54) is 6.07 Å². The number of benzene rings is 2. The molecular weight excluding hydrogens is 435 g/mol. The van der Waals surface area contributed by atoms with Crippen LogP contribution in [0.2, 0.25) is 0 Å². The van der Waals surface area contributed by atoms with Gasteiger partial charge in [-0.2, -0.15) is 0 Å². The minimum Gasteiger partial charge on any atom is -0.441 e. The smallest absolute Gasteiger partial charge is 0.412 e. The van der Waals surface area contributed by atoms with E-state index in [4.69, 9.17) is 4.74 Å². The molecule has 3 N–H and O–H groups in total. The summed E-state index contributed by atoms with van der Waals surface area (Å²) in [6.45, 7) is 3.36. The number of amides is 2. The summed E-state index contributed by atoms with van der Waals surface area (Å²) in [7, 11) is 0. The maximum absolute atomic E-state index is 13.9. The lowest BCUT2D eigenvalue weighted by Crippen LogP contribution is -2.33. The predicted octanol–water partition coefficient (Wildman–Crippen LogP) is 5.07. The van der Waals surface area contributed by atoms with Crippen molar-refractivity contribution in [1.82, 2.24) is 10.3 Å². The van der Waals surface area contributed by atoms with Gasteiger partial charge < -0.3 is 15.4 Å². The number of hydrogen-bond donors (Lipinski definition) is 3. The second kappa shape index (κ2) is 10.9. The molecule has 0 aliphatic carbocycles. The Morgan fingerprint density at radius 2 is 1.71 bits per heavy atom. The molecule has 0 radical (unpaired) electrons. The fourth-order valence-electron chi connectivity index (χ4n) is 4.02. The molecule has 176 valence electrons. The topological polar surface area (TPSA) is 92.4 Å². The Labute approximate surface area is 197 Å². The number of carbonyl (C=O) groups is 2. The van der Waals surface area contributed by atoms with Crippen LogP contribution in [0.3, 0.4) is 0 Å². The van der Waals surface area contributed by atoms with Gasteiger partial charge in [0.25, 0.3) is 5.91 Å².